The summed E-state index contributed by atoms with van der Waals surface area (Å²) in [7, 11) is -3.73. The van der Waals surface area contributed by atoms with Crippen LogP contribution in [-0.4, -0.2) is 95.7 Å². The van der Waals surface area contributed by atoms with Crippen molar-refractivity contribution in [3.05, 3.63) is 28.8 Å². The molecule has 0 N–H and O–H groups in total. The lowest BCUT2D eigenvalue weighted by Gasteiger charge is -2.34. The van der Waals surface area contributed by atoms with Crippen LogP contribution in [0, 0.1) is 13.8 Å². The van der Waals surface area contributed by atoms with Gasteiger partial charge in [0.2, 0.25) is 10.0 Å². The smallest absolute Gasteiger partial charge is 0.253 e. The molecule has 1 fully saturated rings. The highest BCUT2D eigenvalue weighted by atomic mass is 32.2. The van der Waals surface area contributed by atoms with Gasteiger partial charge in [0.05, 0.1) is 10.6 Å². The van der Waals surface area contributed by atoms with Crippen molar-refractivity contribution in [1.82, 2.24) is 14.1 Å². The van der Waals surface area contributed by atoms with Gasteiger partial charge in [0.15, 0.2) is 0 Å². The Kier molecular flexibility index (Phi) is 6.90. The number of sulfone groups is 1. The molecule has 8 nitrogen and oxygen atoms in total. The minimum atomic E-state index is -3.65. The summed E-state index contributed by atoms with van der Waals surface area (Å²) in [4.78, 5) is 16.8. The van der Waals surface area contributed by atoms with E-state index in [1.54, 1.807) is 24.8 Å². The van der Waals surface area contributed by atoms with Crippen molar-refractivity contribution in [3.8, 4) is 0 Å². The average molecular weight is 432 g/mol. The molecule has 2 rings (SSSR count). The zero-order chi connectivity index (χ0) is 21.3. The molecule has 0 bridgehead atoms. The molecule has 28 heavy (non-hydrogen) atoms. The molecule has 1 aromatic rings. The number of amides is 1. The Morgan fingerprint density at radius 3 is 2.11 bits per heavy atom. The van der Waals surface area contributed by atoms with Crippen LogP contribution in [0.2, 0.25) is 0 Å². The zero-order valence-corrected chi connectivity index (χ0v) is 18.7. The van der Waals surface area contributed by atoms with Crippen LogP contribution in [0.4, 0.5) is 0 Å². The Bertz CT molecular complexity index is 948. The lowest BCUT2D eigenvalue weighted by atomic mass is 10.0. The van der Waals surface area contributed by atoms with E-state index in [9.17, 15) is 21.6 Å². The number of rotatable bonds is 6. The topological polar surface area (TPSA) is 95.1 Å². The Labute approximate surface area is 168 Å². The summed E-state index contributed by atoms with van der Waals surface area (Å²) in [6.07, 6.45) is 1.21. The third kappa shape index (κ3) is 5.31. The molecule has 0 atom stereocenters. The minimum Gasteiger partial charge on any atom is -0.336 e. The van der Waals surface area contributed by atoms with Crippen LogP contribution in [0.15, 0.2) is 17.0 Å². The Balaban J connectivity index is 2.17. The summed E-state index contributed by atoms with van der Waals surface area (Å²) in [5, 5.41) is 0. The van der Waals surface area contributed by atoms with Gasteiger partial charge in [-0.25, -0.2) is 21.1 Å². The van der Waals surface area contributed by atoms with E-state index in [4.69, 9.17) is 0 Å². The lowest BCUT2D eigenvalue weighted by molar-refractivity contribution is 0.0643. The van der Waals surface area contributed by atoms with Crippen molar-refractivity contribution < 1.29 is 21.6 Å². The second-order valence-corrected chi connectivity index (χ2v) is 11.8. The molecule has 0 unspecified atom stereocenters. The first-order chi connectivity index (χ1) is 12.8. The van der Waals surface area contributed by atoms with Crippen molar-refractivity contribution >= 4 is 25.8 Å². The summed E-state index contributed by atoms with van der Waals surface area (Å²) in [6, 6.07) is 3.18. The molecule has 1 amide bonds. The maximum Gasteiger partial charge on any atom is 0.253 e. The van der Waals surface area contributed by atoms with Gasteiger partial charge in [0.1, 0.15) is 9.84 Å². The highest BCUT2D eigenvalue weighted by Crippen LogP contribution is 2.24. The summed E-state index contributed by atoms with van der Waals surface area (Å²) in [5.41, 5.74) is 1.74. The normalized spacial score (nSPS) is 16.6. The standard InChI is InChI=1S/C18H29N3O5S2/c1-14-12-16(13-17(15(14)2)28(25,26)19(3)4)18(22)21-8-6-20(7-9-21)10-11-27(5,23)24/h12-13H,6-11H2,1-5H3. The molecule has 0 aromatic heterocycles. The van der Waals surface area contributed by atoms with Crippen LogP contribution >= 0.6 is 0 Å². The molecule has 1 aliphatic heterocycles. The number of hydrogen-bond donors (Lipinski definition) is 0. The van der Waals surface area contributed by atoms with Crippen LogP contribution in [0.25, 0.3) is 0 Å². The van der Waals surface area contributed by atoms with E-state index in [2.05, 4.69) is 0 Å². The highest BCUT2D eigenvalue weighted by molar-refractivity contribution is 7.90. The number of carbonyl (C=O) groups is 1. The van der Waals surface area contributed by atoms with Gasteiger partial charge in [-0.1, -0.05) is 0 Å². The fourth-order valence-electron chi connectivity index (χ4n) is 3.07. The number of piperazine rings is 1. The SMILES string of the molecule is Cc1cc(C(=O)N2CCN(CCS(C)(=O)=O)CC2)cc(S(=O)(=O)N(C)C)c1C. The molecular formula is C18H29N3O5S2. The van der Waals surface area contributed by atoms with Gasteiger partial charge in [0, 0.05) is 58.6 Å². The molecule has 1 aliphatic rings. The summed E-state index contributed by atoms with van der Waals surface area (Å²) >= 11 is 0. The van der Waals surface area contributed by atoms with Crippen molar-refractivity contribution in [2.45, 2.75) is 18.7 Å². The summed E-state index contributed by atoms with van der Waals surface area (Å²) in [6.45, 7) is 6.13. The van der Waals surface area contributed by atoms with Crippen molar-refractivity contribution in [3.63, 3.8) is 0 Å². The quantitative estimate of drug-likeness (QED) is 0.645. The van der Waals surface area contributed by atoms with Crippen LogP contribution in [0.1, 0.15) is 21.5 Å². The predicted molar refractivity (Wildman–Crippen MR) is 109 cm³/mol. The van der Waals surface area contributed by atoms with Crippen molar-refractivity contribution in [1.29, 1.82) is 0 Å². The zero-order valence-electron chi connectivity index (χ0n) is 17.1. The first kappa shape index (κ1) is 22.8. The number of sulfonamides is 1. The molecule has 1 saturated heterocycles. The van der Waals surface area contributed by atoms with Crippen LogP contribution in [-0.2, 0) is 19.9 Å². The van der Waals surface area contributed by atoms with Crippen molar-refractivity contribution in [2.24, 2.45) is 0 Å². The van der Waals surface area contributed by atoms with Gasteiger partial charge in [-0.15, -0.1) is 0 Å². The third-order valence-electron chi connectivity index (χ3n) is 5.06. The van der Waals surface area contributed by atoms with Gasteiger partial charge in [-0.05, 0) is 37.1 Å². The Morgan fingerprint density at radius 1 is 1.04 bits per heavy atom. The first-order valence-electron chi connectivity index (χ1n) is 9.06. The number of aryl methyl sites for hydroxylation is 1. The Hall–Kier alpha value is -1.49. The summed E-state index contributed by atoms with van der Waals surface area (Å²) < 4.78 is 49.0. The van der Waals surface area contributed by atoms with Gasteiger partial charge < -0.3 is 4.90 Å². The van der Waals surface area contributed by atoms with E-state index in [1.807, 2.05) is 4.90 Å². The van der Waals surface area contributed by atoms with Crippen LogP contribution in [0.3, 0.4) is 0 Å². The van der Waals surface area contributed by atoms with Crippen molar-refractivity contribution in [2.75, 3.05) is 58.8 Å². The number of carbonyl (C=O) groups excluding carboxylic acids is 1. The van der Waals surface area contributed by atoms with E-state index >= 15 is 0 Å². The molecule has 1 heterocycles. The maximum atomic E-state index is 12.9. The van der Waals surface area contributed by atoms with Crippen LogP contribution < -0.4 is 0 Å². The second kappa shape index (κ2) is 8.48. The monoisotopic (exact) mass is 431 g/mol. The molecule has 0 radical (unpaired) electrons. The average Bonchev–Trinajstić information content (AvgIpc) is 2.61. The first-order valence-corrected chi connectivity index (χ1v) is 12.6. The van der Waals surface area contributed by atoms with E-state index in [1.165, 1.54) is 26.4 Å². The van der Waals surface area contributed by atoms with Gasteiger partial charge >= 0.3 is 0 Å². The minimum absolute atomic E-state index is 0.101. The maximum absolute atomic E-state index is 12.9. The van der Waals surface area contributed by atoms with Crippen LogP contribution in [0.5, 0.6) is 0 Å². The molecule has 0 saturated carbocycles. The molecule has 1 aromatic carbocycles. The molecule has 10 heteroatoms. The molecule has 0 spiro atoms. The van der Waals surface area contributed by atoms with E-state index in [0.29, 0.717) is 43.9 Å². The summed E-state index contributed by atoms with van der Waals surface area (Å²) in [5.74, 6) is -0.106. The third-order valence-corrected chi connectivity index (χ3v) is 7.93. The largest absolute Gasteiger partial charge is 0.336 e. The van der Waals surface area contributed by atoms with E-state index < -0.39 is 19.9 Å². The van der Waals surface area contributed by atoms with Gasteiger partial charge in [0.25, 0.3) is 5.91 Å². The molecular weight excluding hydrogens is 402 g/mol. The molecule has 0 aliphatic carbocycles. The Morgan fingerprint density at radius 2 is 1.61 bits per heavy atom. The number of hydrogen-bond acceptors (Lipinski definition) is 6. The number of benzene rings is 1. The second-order valence-electron chi connectivity index (χ2n) is 7.47. The molecule has 158 valence electrons. The lowest BCUT2D eigenvalue weighted by Crippen LogP contribution is -2.49. The fraction of sp³-hybridized carbons (Fsp3) is 0.611. The van der Waals surface area contributed by atoms with E-state index in [0.717, 1.165) is 9.87 Å². The number of nitrogens with zero attached hydrogens (tertiary/aromatic N) is 3. The van der Waals surface area contributed by atoms with Gasteiger partial charge in [-0.2, -0.15) is 0 Å². The fourth-order valence-corrected chi connectivity index (χ4v) is 4.87. The highest BCUT2D eigenvalue weighted by Gasteiger charge is 2.26. The predicted octanol–water partition coefficient (Wildman–Crippen LogP) is 0.356. The van der Waals surface area contributed by atoms with Gasteiger partial charge in [-0.3, -0.25) is 9.69 Å². The van der Waals surface area contributed by atoms with E-state index in [-0.39, 0.29) is 16.6 Å².